The number of nitrogens with zero attached hydrogens (tertiary/aromatic N) is 1. The first-order chi connectivity index (χ1) is 17.3. The highest BCUT2D eigenvalue weighted by Gasteiger charge is 2.28. The highest BCUT2D eigenvalue weighted by Crippen LogP contribution is 2.28. The topological polar surface area (TPSA) is 66.5 Å². The Morgan fingerprint density at radius 1 is 0.889 bits per heavy atom. The Balaban J connectivity index is 1.59. The molecule has 0 fully saturated rings. The van der Waals surface area contributed by atoms with Crippen molar-refractivity contribution in [2.75, 3.05) is 10.8 Å². The van der Waals surface area contributed by atoms with Gasteiger partial charge in [0.05, 0.1) is 16.6 Å². The van der Waals surface area contributed by atoms with Crippen LogP contribution < -0.4 is 9.62 Å². The minimum atomic E-state index is -3.93. The van der Waals surface area contributed by atoms with Crippen molar-refractivity contribution in [1.82, 2.24) is 5.32 Å². The van der Waals surface area contributed by atoms with E-state index >= 15 is 0 Å². The van der Waals surface area contributed by atoms with Gasteiger partial charge in [-0.05, 0) is 84.5 Å². The zero-order valence-electron chi connectivity index (χ0n) is 21.4. The van der Waals surface area contributed by atoms with Crippen LogP contribution in [0.15, 0.2) is 77.7 Å². The van der Waals surface area contributed by atoms with E-state index in [0.717, 1.165) is 30.4 Å². The molecule has 4 rings (SSSR count). The summed E-state index contributed by atoms with van der Waals surface area (Å²) in [7, 11) is -3.93. The molecule has 5 nitrogen and oxygen atoms in total. The van der Waals surface area contributed by atoms with Gasteiger partial charge in [-0.1, -0.05) is 69.3 Å². The number of hydrogen-bond acceptors (Lipinski definition) is 3. The van der Waals surface area contributed by atoms with Crippen LogP contribution in [0, 0.1) is 0 Å². The lowest BCUT2D eigenvalue weighted by atomic mass is 9.89. The summed E-state index contributed by atoms with van der Waals surface area (Å²) in [5.74, 6) is -0.00419. The van der Waals surface area contributed by atoms with Gasteiger partial charge < -0.3 is 5.32 Å². The van der Waals surface area contributed by atoms with Crippen molar-refractivity contribution in [2.45, 2.75) is 69.7 Å². The standard InChI is InChI=1S/C30H36N2O3S/c1-4-29(26-15-14-24-10-8-9-11-25(24)20-26)31-30(33)21-32(27-18-16-23(17-19-27)22(2)3)36(34,35)28-12-6-5-7-13-28/h5-7,12-20,22,29H,4,8-11,21H2,1-3H3,(H,31,33). The number of nitrogens with one attached hydrogen (secondary N) is 1. The van der Waals surface area contributed by atoms with Crippen LogP contribution in [0.25, 0.3) is 0 Å². The Hall–Kier alpha value is -3.12. The number of carbonyl (C=O) groups is 1. The summed E-state index contributed by atoms with van der Waals surface area (Å²) < 4.78 is 28.4. The van der Waals surface area contributed by atoms with Crippen LogP contribution in [0.5, 0.6) is 0 Å². The second-order valence-electron chi connectivity index (χ2n) is 9.83. The Kier molecular flexibility index (Phi) is 8.14. The Labute approximate surface area is 215 Å². The highest BCUT2D eigenvalue weighted by atomic mass is 32.2. The van der Waals surface area contributed by atoms with Crippen LogP contribution in [-0.4, -0.2) is 20.9 Å². The van der Waals surface area contributed by atoms with E-state index in [0.29, 0.717) is 11.6 Å². The number of hydrogen-bond donors (Lipinski definition) is 1. The number of anilines is 1. The summed E-state index contributed by atoms with van der Waals surface area (Å²) in [6, 6.07) is 22.0. The van der Waals surface area contributed by atoms with Gasteiger partial charge in [-0.3, -0.25) is 9.10 Å². The first kappa shape index (κ1) is 26.0. The lowest BCUT2D eigenvalue weighted by molar-refractivity contribution is -0.120. The minimum Gasteiger partial charge on any atom is -0.348 e. The number of fused-ring (bicyclic) bond motifs is 1. The molecule has 36 heavy (non-hydrogen) atoms. The molecule has 0 aromatic heterocycles. The molecule has 0 aliphatic heterocycles. The van der Waals surface area contributed by atoms with Gasteiger partial charge in [-0.15, -0.1) is 0 Å². The summed E-state index contributed by atoms with van der Waals surface area (Å²) in [6.45, 7) is 5.92. The van der Waals surface area contributed by atoms with E-state index < -0.39 is 10.0 Å². The van der Waals surface area contributed by atoms with Crippen LogP contribution in [-0.2, 0) is 27.7 Å². The predicted molar refractivity (Wildman–Crippen MR) is 146 cm³/mol. The molecule has 0 heterocycles. The number of aryl methyl sites for hydroxylation is 2. The van der Waals surface area contributed by atoms with Crippen LogP contribution in [0.1, 0.15) is 74.2 Å². The molecule has 0 radical (unpaired) electrons. The fourth-order valence-corrected chi connectivity index (χ4v) is 6.26. The lowest BCUT2D eigenvalue weighted by Crippen LogP contribution is -2.42. The van der Waals surface area contributed by atoms with Crippen LogP contribution in [0.4, 0.5) is 5.69 Å². The molecule has 1 amide bonds. The first-order valence-corrected chi connectivity index (χ1v) is 14.3. The highest BCUT2D eigenvalue weighted by molar-refractivity contribution is 7.92. The molecule has 0 bridgehead atoms. The average Bonchev–Trinajstić information content (AvgIpc) is 2.90. The SMILES string of the molecule is CCC(NC(=O)CN(c1ccc(C(C)C)cc1)S(=O)(=O)c1ccccc1)c1ccc2c(c1)CCCC2. The molecule has 3 aromatic rings. The van der Waals surface area contributed by atoms with Crippen LogP contribution in [0.3, 0.4) is 0 Å². The summed E-state index contributed by atoms with van der Waals surface area (Å²) in [4.78, 5) is 13.5. The van der Waals surface area contributed by atoms with Gasteiger partial charge in [-0.2, -0.15) is 0 Å². The molecule has 1 N–H and O–H groups in total. The summed E-state index contributed by atoms with van der Waals surface area (Å²) in [5, 5.41) is 3.10. The normalized spacial score (nSPS) is 14.2. The first-order valence-electron chi connectivity index (χ1n) is 12.9. The smallest absolute Gasteiger partial charge is 0.264 e. The fourth-order valence-electron chi connectivity index (χ4n) is 4.82. The molecular formula is C30H36N2O3S. The van der Waals surface area contributed by atoms with Crippen molar-refractivity contribution in [1.29, 1.82) is 0 Å². The Bertz CT molecular complexity index is 1290. The molecule has 190 valence electrons. The number of rotatable bonds is 9. The second kappa shape index (κ2) is 11.3. The summed E-state index contributed by atoms with van der Waals surface area (Å²) in [5.41, 5.74) is 5.42. The molecule has 6 heteroatoms. The third-order valence-corrected chi connectivity index (χ3v) is 8.77. The van der Waals surface area contributed by atoms with Crippen molar-refractivity contribution in [3.05, 3.63) is 95.1 Å². The van der Waals surface area contributed by atoms with E-state index in [-0.39, 0.29) is 23.4 Å². The quantitative estimate of drug-likeness (QED) is 0.380. The lowest BCUT2D eigenvalue weighted by Gasteiger charge is -2.26. The van der Waals surface area contributed by atoms with Gasteiger partial charge >= 0.3 is 0 Å². The predicted octanol–water partition coefficient (Wildman–Crippen LogP) is 6.15. The molecule has 1 atom stereocenters. The van der Waals surface area contributed by atoms with E-state index in [4.69, 9.17) is 0 Å². The number of amides is 1. The zero-order valence-corrected chi connectivity index (χ0v) is 22.2. The number of benzene rings is 3. The number of sulfonamides is 1. The van der Waals surface area contributed by atoms with Crippen molar-refractivity contribution in [3.63, 3.8) is 0 Å². The third-order valence-electron chi connectivity index (χ3n) is 6.98. The zero-order chi connectivity index (χ0) is 25.7. The van der Waals surface area contributed by atoms with E-state index in [1.54, 1.807) is 42.5 Å². The summed E-state index contributed by atoms with van der Waals surface area (Å²) >= 11 is 0. The van der Waals surface area contributed by atoms with Gasteiger partial charge in [0.1, 0.15) is 6.54 Å². The maximum Gasteiger partial charge on any atom is 0.264 e. The fraction of sp³-hybridized carbons (Fsp3) is 0.367. The molecule has 3 aromatic carbocycles. The molecule has 0 spiro atoms. The van der Waals surface area contributed by atoms with Gasteiger partial charge in [-0.25, -0.2) is 8.42 Å². The average molecular weight is 505 g/mol. The number of carbonyl (C=O) groups excluding carboxylic acids is 1. The van der Waals surface area contributed by atoms with E-state index in [9.17, 15) is 13.2 Å². The minimum absolute atomic E-state index is 0.160. The molecule has 0 saturated carbocycles. The van der Waals surface area contributed by atoms with Crippen molar-refractivity contribution in [2.24, 2.45) is 0 Å². The Morgan fingerprint density at radius 3 is 2.17 bits per heavy atom. The van der Waals surface area contributed by atoms with Gasteiger partial charge in [0.2, 0.25) is 5.91 Å². The third kappa shape index (κ3) is 5.81. The molecular weight excluding hydrogens is 468 g/mol. The monoisotopic (exact) mass is 504 g/mol. The molecule has 0 saturated heterocycles. The van der Waals surface area contributed by atoms with Gasteiger partial charge in [0.25, 0.3) is 10.0 Å². The van der Waals surface area contributed by atoms with E-state index in [1.807, 2.05) is 19.1 Å². The van der Waals surface area contributed by atoms with Crippen LogP contribution in [0.2, 0.25) is 0 Å². The second-order valence-corrected chi connectivity index (χ2v) is 11.7. The Morgan fingerprint density at radius 2 is 1.53 bits per heavy atom. The van der Waals surface area contributed by atoms with E-state index in [2.05, 4.69) is 37.4 Å². The molecule has 1 aliphatic rings. The maximum atomic E-state index is 13.6. The summed E-state index contributed by atoms with van der Waals surface area (Å²) in [6.07, 6.45) is 5.33. The van der Waals surface area contributed by atoms with Crippen molar-refractivity contribution < 1.29 is 13.2 Å². The molecule has 1 aliphatic carbocycles. The van der Waals surface area contributed by atoms with E-state index in [1.165, 1.54) is 28.3 Å². The van der Waals surface area contributed by atoms with Crippen molar-refractivity contribution >= 4 is 21.6 Å². The molecule has 1 unspecified atom stereocenters. The van der Waals surface area contributed by atoms with Crippen molar-refractivity contribution in [3.8, 4) is 0 Å². The van der Waals surface area contributed by atoms with Gasteiger partial charge in [0, 0.05) is 0 Å². The van der Waals surface area contributed by atoms with Crippen LogP contribution >= 0.6 is 0 Å². The largest absolute Gasteiger partial charge is 0.348 e. The van der Waals surface area contributed by atoms with Gasteiger partial charge in [0.15, 0.2) is 0 Å². The maximum absolute atomic E-state index is 13.6.